The minimum atomic E-state index is 0.750. The van der Waals surface area contributed by atoms with Crippen LogP contribution in [-0.2, 0) is 6.54 Å². The molecule has 0 unspecified atom stereocenters. The normalized spacial score (nSPS) is 10.0. The van der Waals surface area contributed by atoms with Crippen molar-refractivity contribution in [3.05, 3.63) is 15.5 Å². The number of rotatable bonds is 2. The van der Waals surface area contributed by atoms with E-state index in [0.29, 0.717) is 0 Å². The number of nitrogens with one attached hydrogen (secondary N) is 1. The lowest BCUT2D eigenvalue weighted by Crippen LogP contribution is -2.03. The highest BCUT2D eigenvalue weighted by atomic mass is 35.5. The predicted molar refractivity (Wildman–Crippen MR) is 39.9 cm³/mol. The van der Waals surface area contributed by atoms with Gasteiger partial charge in [-0.1, -0.05) is 11.6 Å². The fourth-order valence-electron chi connectivity index (χ4n) is 0.521. The number of hydrogen-bond donors (Lipinski definition) is 1. The Hall–Kier alpha value is -0.120. The van der Waals surface area contributed by atoms with Gasteiger partial charge in [0.15, 0.2) is 0 Å². The highest BCUT2D eigenvalue weighted by Crippen LogP contribution is 2.17. The summed E-state index contributed by atoms with van der Waals surface area (Å²) in [4.78, 5) is 4.03. The molecule has 1 heterocycles. The van der Waals surface area contributed by atoms with Crippen molar-refractivity contribution in [2.45, 2.75) is 6.54 Å². The van der Waals surface area contributed by atoms with Crippen LogP contribution in [0.15, 0.2) is 6.20 Å². The highest BCUT2D eigenvalue weighted by Gasteiger charge is 1.95. The van der Waals surface area contributed by atoms with Crippen LogP contribution in [0, 0.1) is 0 Å². The number of aromatic nitrogens is 1. The average molecular weight is 163 g/mol. The average Bonchev–Trinajstić information content (AvgIpc) is 2.17. The fraction of sp³-hybridized carbons (Fsp3) is 0.400. The first-order valence-corrected chi connectivity index (χ1v) is 3.77. The van der Waals surface area contributed by atoms with Crippen molar-refractivity contribution in [1.29, 1.82) is 0 Å². The SMILES string of the molecule is CNCc1ncc(Cl)s1. The van der Waals surface area contributed by atoms with Gasteiger partial charge in [-0.25, -0.2) is 4.98 Å². The number of nitrogens with zero attached hydrogens (tertiary/aromatic N) is 1. The van der Waals surface area contributed by atoms with Crippen LogP contribution < -0.4 is 5.32 Å². The van der Waals surface area contributed by atoms with E-state index in [-0.39, 0.29) is 0 Å². The van der Waals surface area contributed by atoms with Crippen molar-refractivity contribution in [2.24, 2.45) is 0 Å². The molecule has 1 aromatic heterocycles. The predicted octanol–water partition coefficient (Wildman–Crippen LogP) is 1.52. The molecule has 2 nitrogen and oxygen atoms in total. The molecule has 0 aliphatic heterocycles. The summed E-state index contributed by atoms with van der Waals surface area (Å²) < 4.78 is 0.750. The van der Waals surface area contributed by atoms with Crippen LogP contribution in [-0.4, -0.2) is 12.0 Å². The van der Waals surface area contributed by atoms with E-state index in [1.54, 1.807) is 6.20 Å². The first-order valence-electron chi connectivity index (χ1n) is 2.57. The van der Waals surface area contributed by atoms with Gasteiger partial charge in [-0.05, 0) is 7.05 Å². The quantitative estimate of drug-likeness (QED) is 0.714. The number of halogens is 1. The molecular formula is C5H7ClN2S. The molecule has 0 spiro atoms. The maximum absolute atomic E-state index is 5.62. The minimum Gasteiger partial charge on any atom is -0.314 e. The molecule has 1 N–H and O–H groups in total. The third kappa shape index (κ3) is 1.93. The molecule has 0 atom stereocenters. The van der Waals surface area contributed by atoms with Crippen LogP contribution in [0.25, 0.3) is 0 Å². The van der Waals surface area contributed by atoms with Gasteiger partial charge in [0.25, 0.3) is 0 Å². The second kappa shape index (κ2) is 3.15. The summed E-state index contributed by atoms with van der Waals surface area (Å²) in [6.07, 6.45) is 1.67. The maximum Gasteiger partial charge on any atom is 0.113 e. The van der Waals surface area contributed by atoms with Gasteiger partial charge in [-0.3, -0.25) is 0 Å². The monoisotopic (exact) mass is 162 g/mol. The van der Waals surface area contributed by atoms with Gasteiger partial charge in [0.05, 0.1) is 6.20 Å². The van der Waals surface area contributed by atoms with Crippen LogP contribution in [0.4, 0.5) is 0 Å². The van der Waals surface area contributed by atoms with Crippen molar-refractivity contribution in [1.82, 2.24) is 10.3 Å². The van der Waals surface area contributed by atoms with E-state index < -0.39 is 0 Å². The Labute approximate surface area is 62.9 Å². The van der Waals surface area contributed by atoms with E-state index >= 15 is 0 Å². The molecule has 0 fully saturated rings. The van der Waals surface area contributed by atoms with E-state index in [1.165, 1.54) is 11.3 Å². The summed E-state index contributed by atoms with van der Waals surface area (Å²) in [5.41, 5.74) is 0. The fourth-order valence-corrected chi connectivity index (χ4v) is 1.49. The van der Waals surface area contributed by atoms with Crippen molar-refractivity contribution in [2.75, 3.05) is 7.05 Å². The molecule has 50 valence electrons. The molecule has 0 amide bonds. The van der Waals surface area contributed by atoms with Crippen molar-refractivity contribution >= 4 is 22.9 Å². The lowest BCUT2D eigenvalue weighted by Gasteiger charge is -1.88. The zero-order chi connectivity index (χ0) is 6.69. The van der Waals surface area contributed by atoms with Gasteiger partial charge in [0, 0.05) is 6.54 Å². The molecule has 1 aromatic rings. The molecule has 0 saturated carbocycles. The van der Waals surface area contributed by atoms with Gasteiger partial charge >= 0.3 is 0 Å². The van der Waals surface area contributed by atoms with Gasteiger partial charge in [-0.15, -0.1) is 11.3 Å². The van der Waals surface area contributed by atoms with E-state index in [2.05, 4.69) is 10.3 Å². The third-order valence-corrected chi connectivity index (χ3v) is 1.97. The van der Waals surface area contributed by atoms with Crippen molar-refractivity contribution in [3.63, 3.8) is 0 Å². The lowest BCUT2D eigenvalue weighted by molar-refractivity contribution is 0.810. The molecular weight excluding hydrogens is 156 g/mol. The lowest BCUT2D eigenvalue weighted by atomic mass is 10.7. The molecule has 1 rings (SSSR count). The molecule has 0 aliphatic rings. The summed E-state index contributed by atoms with van der Waals surface area (Å²) in [6, 6.07) is 0. The Balaban J connectivity index is 2.61. The Morgan fingerprint density at radius 3 is 3.11 bits per heavy atom. The van der Waals surface area contributed by atoms with Crippen molar-refractivity contribution in [3.8, 4) is 0 Å². The Morgan fingerprint density at radius 1 is 1.89 bits per heavy atom. The smallest absolute Gasteiger partial charge is 0.113 e. The Morgan fingerprint density at radius 2 is 2.67 bits per heavy atom. The second-order valence-electron chi connectivity index (χ2n) is 1.59. The van der Waals surface area contributed by atoms with Crippen LogP contribution in [0.2, 0.25) is 4.34 Å². The Kier molecular flexibility index (Phi) is 2.45. The summed E-state index contributed by atoms with van der Waals surface area (Å²) in [6.45, 7) is 0.803. The molecule has 0 aromatic carbocycles. The van der Waals surface area contributed by atoms with Crippen LogP contribution >= 0.6 is 22.9 Å². The largest absolute Gasteiger partial charge is 0.314 e. The minimum absolute atomic E-state index is 0.750. The standard InChI is InChI=1S/C5H7ClN2S/c1-7-3-5-8-2-4(6)9-5/h2,7H,3H2,1H3. The van der Waals surface area contributed by atoms with E-state index in [4.69, 9.17) is 11.6 Å². The molecule has 9 heavy (non-hydrogen) atoms. The van der Waals surface area contributed by atoms with Gasteiger partial charge in [0.2, 0.25) is 0 Å². The van der Waals surface area contributed by atoms with Crippen LogP contribution in [0.5, 0.6) is 0 Å². The molecule has 0 radical (unpaired) electrons. The van der Waals surface area contributed by atoms with Gasteiger partial charge in [0.1, 0.15) is 9.34 Å². The summed E-state index contributed by atoms with van der Waals surface area (Å²) in [5.74, 6) is 0. The first kappa shape index (κ1) is 6.99. The molecule has 4 heteroatoms. The Bertz CT molecular complexity index is 187. The number of thiazole rings is 1. The summed E-state index contributed by atoms with van der Waals surface area (Å²) in [5, 5.41) is 4.02. The van der Waals surface area contributed by atoms with Crippen LogP contribution in [0.3, 0.4) is 0 Å². The van der Waals surface area contributed by atoms with Crippen LogP contribution in [0.1, 0.15) is 5.01 Å². The summed E-state index contributed by atoms with van der Waals surface area (Å²) in [7, 11) is 1.88. The molecule has 0 aliphatic carbocycles. The van der Waals surface area contributed by atoms with Gasteiger partial charge in [-0.2, -0.15) is 0 Å². The van der Waals surface area contributed by atoms with Crippen molar-refractivity contribution < 1.29 is 0 Å². The highest BCUT2D eigenvalue weighted by molar-refractivity contribution is 7.15. The van der Waals surface area contributed by atoms with E-state index in [9.17, 15) is 0 Å². The zero-order valence-corrected chi connectivity index (χ0v) is 6.59. The summed E-state index contributed by atoms with van der Waals surface area (Å²) >= 11 is 7.13. The molecule has 0 bridgehead atoms. The maximum atomic E-state index is 5.62. The van der Waals surface area contributed by atoms with Gasteiger partial charge < -0.3 is 5.32 Å². The topological polar surface area (TPSA) is 24.9 Å². The second-order valence-corrected chi connectivity index (χ2v) is 3.33. The zero-order valence-electron chi connectivity index (χ0n) is 5.02. The third-order valence-electron chi connectivity index (χ3n) is 0.853. The first-order chi connectivity index (χ1) is 4.33. The van der Waals surface area contributed by atoms with E-state index in [1.807, 2.05) is 7.05 Å². The van der Waals surface area contributed by atoms with E-state index in [0.717, 1.165) is 15.9 Å². The number of hydrogen-bond acceptors (Lipinski definition) is 3. The molecule has 0 saturated heterocycles.